The lowest BCUT2D eigenvalue weighted by Crippen LogP contribution is -1.99. The van der Waals surface area contributed by atoms with Crippen molar-refractivity contribution in [2.75, 3.05) is 0 Å². The van der Waals surface area contributed by atoms with Crippen LogP contribution in [0.2, 0.25) is 0 Å². The molecule has 2 nitrogen and oxygen atoms in total. The van der Waals surface area contributed by atoms with E-state index in [0.717, 1.165) is 16.2 Å². The van der Waals surface area contributed by atoms with Crippen LogP contribution in [0.15, 0.2) is 47.4 Å². The van der Waals surface area contributed by atoms with Gasteiger partial charge in [0.2, 0.25) is 0 Å². The summed E-state index contributed by atoms with van der Waals surface area (Å²) in [5, 5.41) is 8.99. The van der Waals surface area contributed by atoms with Crippen LogP contribution in [0.3, 0.4) is 0 Å². The van der Waals surface area contributed by atoms with E-state index in [0.29, 0.717) is 5.56 Å². The van der Waals surface area contributed by atoms with Crippen LogP contribution in [-0.4, -0.2) is 11.1 Å². The summed E-state index contributed by atoms with van der Waals surface area (Å²) in [7, 11) is 0. The van der Waals surface area contributed by atoms with Crippen molar-refractivity contribution in [1.82, 2.24) is 0 Å². The van der Waals surface area contributed by atoms with Crippen LogP contribution in [0.4, 0.5) is 0 Å². The maximum Gasteiger partial charge on any atom is 0.335 e. The molecule has 0 heterocycles. The van der Waals surface area contributed by atoms with Gasteiger partial charge in [0.15, 0.2) is 0 Å². The third-order valence-electron chi connectivity index (χ3n) is 3.08. The molecule has 3 heteroatoms. The van der Waals surface area contributed by atoms with Gasteiger partial charge in [-0.25, -0.2) is 4.79 Å². The van der Waals surface area contributed by atoms with Gasteiger partial charge < -0.3 is 5.11 Å². The van der Waals surface area contributed by atoms with Crippen molar-refractivity contribution in [3.05, 3.63) is 64.7 Å². The minimum atomic E-state index is -0.868. The minimum absolute atomic E-state index is 0.375. The van der Waals surface area contributed by atoms with Crippen molar-refractivity contribution < 1.29 is 9.90 Å². The molecule has 0 amide bonds. The maximum atomic E-state index is 11.0. The summed E-state index contributed by atoms with van der Waals surface area (Å²) in [5.74, 6) is 0.0337. The van der Waals surface area contributed by atoms with E-state index in [1.807, 2.05) is 31.2 Å². The number of benzene rings is 2. The quantitative estimate of drug-likeness (QED) is 0.843. The van der Waals surface area contributed by atoms with Crippen LogP contribution in [0.5, 0.6) is 0 Å². The standard InChI is InChI=1S/C16H16O2S/c1-11-5-3-4-6-13(11)10-19-14-7-8-15(16(17)18)12(2)9-14/h3-9H,10H2,1-2H3,(H,17,18). The van der Waals surface area contributed by atoms with Crippen molar-refractivity contribution in [2.45, 2.75) is 24.5 Å². The average Bonchev–Trinajstić information content (AvgIpc) is 2.37. The molecule has 0 bridgehead atoms. The number of hydrogen-bond acceptors (Lipinski definition) is 2. The van der Waals surface area contributed by atoms with Crippen molar-refractivity contribution in [2.24, 2.45) is 0 Å². The van der Waals surface area contributed by atoms with Crippen LogP contribution in [0.25, 0.3) is 0 Å². The van der Waals surface area contributed by atoms with Crippen LogP contribution in [0, 0.1) is 13.8 Å². The highest BCUT2D eigenvalue weighted by Gasteiger charge is 2.07. The normalized spacial score (nSPS) is 10.4. The van der Waals surface area contributed by atoms with Gasteiger partial charge in [-0.15, -0.1) is 11.8 Å². The molecule has 0 radical (unpaired) electrons. The SMILES string of the molecule is Cc1ccccc1CSc1ccc(C(=O)O)c(C)c1. The number of carbonyl (C=O) groups is 1. The van der Waals surface area contributed by atoms with Gasteiger partial charge in [0.1, 0.15) is 0 Å². The molecule has 0 aliphatic heterocycles. The molecule has 2 aromatic rings. The molecule has 0 aliphatic carbocycles. The van der Waals surface area contributed by atoms with Gasteiger partial charge in [-0.1, -0.05) is 24.3 Å². The first-order valence-corrected chi connectivity index (χ1v) is 7.08. The molecule has 1 N–H and O–H groups in total. The molecule has 98 valence electrons. The Morgan fingerprint density at radius 1 is 1.11 bits per heavy atom. The highest BCUT2D eigenvalue weighted by Crippen LogP contribution is 2.26. The molecule has 2 rings (SSSR count). The number of aryl methyl sites for hydroxylation is 2. The second-order valence-corrected chi connectivity index (χ2v) is 5.55. The fourth-order valence-corrected chi connectivity index (χ4v) is 2.97. The van der Waals surface area contributed by atoms with Gasteiger partial charge in [0.05, 0.1) is 5.56 Å². The summed E-state index contributed by atoms with van der Waals surface area (Å²) in [4.78, 5) is 12.1. The Morgan fingerprint density at radius 3 is 2.47 bits per heavy atom. The molecule has 2 aromatic carbocycles. The zero-order valence-corrected chi connectivity index (χ0v) is 11.8. The second kappa shape index (κ2) is 5.93. The molecular weight excluding hydrogens is 256 g/mol. The molecule has 0 fully saturated rings. The van der Waals surface area contributed by atoms with E-state index in [2.05, 4.69) is 19.1 Å². The van der Waals surface area contributed by atoms with Crippen LogP contribution < -0.4 is 0 Å². The molecule has 0 aliphatic rings. The molecule has 19 heavy (non-hydrogen) atoms. The van der Waals surface area contributed by atoms with Crippen molar-refractivity contribution in [1.29, 1.82) is 0 Å². The van der Waals surface area contributed by atoms with Gasteiger partial charge >= 0.3 is 5.97 Å². The van der Waals surface area contributed by atoms with Crippen LogP contribution in [-0.2, 0) is 5.75 Å². The molecular formula is C16H16O2S. The van der Waals surface area contributed by atoms with E-state index in [1.54, 1.807) is 17.8 Å². The molecule has 0 spiro atoms. The van der Waals surface area contributed by atoms with E-state index in [4.69, 9.17) is 5.11 Å². The van der Waals surface area contributed by atoms with E-state index in [9.17, 15) is 4.79 Å². The van der Waals surface area contributed by atoms with Crippen LogP contribution in [0.1, 0.15) is 27.0 Å². The summed E-state index contributed by atoms with van der Waals surface area (Å²) in [6.45, 7) is 3.94. The summed E-state index contributed by atoms with van der Waals surface area (Å²) >= 11 is 1.73. The number of carboxylic acids is 1. The largest absolute Gasteiger partial charge is 0.478 e. The lowest BCUT2D eigenvalue weighted by atomic mass is 10.1. The Bertz CT molecular complexity index is 605. The topological polar surface area (TPSA) is 37.3 Å². The number of hydrogen-bond donors (Lipinski definition) is 1. The highest BCUT2D eigenvalue weighted by molar-refractivity contribution is 7.98. The Kier molecular flexibility index (Phi) is 4.27. The van der Waals surface area contributed by atoms with Crippen molar-refractivity contribution in [3.8, 4) is 0 Å². The fourth-order valence-electron chi connectivity index (χ4n) is 1.90. The number of thioether (sulfide) groups is 1. The van der Waals surface area contributed by atoms with Crippen molar-refractivity contribution in [3.63, 3.8) is 0 Å². The predicted octanol–water partition coefficient (Wildman–Crippen LogP) is 4.29. The summed E-state index contributed by atoms with van der Waals surface area (Å²) < 4.78 is 0. The third kappa shape index (κ3) is 3.38. The maximum absolute atomic E-state index is 11.0. The smallest absolute Gasteiger partial charge is 0.335 e. The first-order chi connectivity index (χ1) is 9.08. The van der Waals surface area contributed by atoms with E-state index >= 15 is 0 Å². The van der Waals surface area contributed by atoms with Crippen LogP contribution >= 0.6 is 11.8 Å². The van der Waals surface area contributed by atoms with Gasteiger partial charge in [-0.3, -0.25) is 0 Å². The Labute approximate surface area is 117 Å². The monoisotopic (exact) mass is 272 g/mol. The Hall–Kier alpha value is -1.74. The molecule has 0 saturated heterocycles. The van der Waals surface area contributed by atoms with E-state index < -0.39 is 5.97 Å². The second-order valence-electron chi connectivity index (χ2n) is 4.50. The van der Waals surface area contributed by atoms with Gasteiger partial charge in [0.25, 0.3) is 0 Å². The van der Waals surface area contributed by atoms with Gasteiger partial charge in [0, 0.05) is 10.6 Å². The zero-order valence-electron chi connectivity index (χ0n) is 11.0. The van der Waals surface area contributed by atoms with Crippen molar-refractivity contribution >= 4 is 17.7 Å². The summed E-state index contributed by atoms with van der Waals surface area (Å²) in [5.41, 5.74) is 3.78. The lowest BCUT2D eigenvalue weighted by molar-refractivity contribution is 0.0696. The molecule has 0 unspecified atom stereocenters. The van der Waals surface area contributed by atoms with E-state index in [-0.39, 0.29) is 0 Å². The minimum Gasteiger partial charge on any atom is -0.478 e. The highest BCUT2D eigenvalue weighted by atomic mass is 32.2. The molecule has 0 aromatic heterocycles. The number of carboxylic acid groups (broad SMARTS) is 1. The number of rotatable bonds is 4. The predicted molar refractivity (Wildman–Crippen MR) is 78.9 cm³/mol. The summed E-state index contributed by atoms with van der Waals surface area (Å²) in [6, 6.07) is 13.8. The molecule has 0 saturated carbocycles. The Balaban J connectivity index is 2.11. The summed E-state index contributed by atoms with van der Waals surface area (Å²) in [6.07, 6.45) is 0. The van der Waals surface area contributed by atoms with Gasteiger partial charge in [-0.2, -0.15) is 0 Å². The zero-order chi connectivity index (χ0) is 13.8. The first-order valence-electron chi connectivity index (χ1n) is 6.09. The fraction of sp³-hybridized carbons (Fsp3) is 0.188. The Morgan fingerprint density at radius 2 is 1.84 bits per heavy atom. The van der Waals surface area contributed by atoms with E-state index in [1.165, 1.54) is 11.1 Å². The van der Waals surface area contributed by atoms with Gasteiger partial charge in [-0.05, 0) is 48.7 Å². The third-order valence-corrected chi connectivity index (χ3v) is 4.13. The lowest BCUT2D eigenvalue weighted by Gasteiger charge is -2.07. The first kappa shape index (κ1) is 13.7. The number of aromatic carboxylic acids is 1. The average molecular weight is 272 g/mol. The molecule has 0 atom stereocenters.